The van der Waals surface area contributed by atoms with Crippen molar-refractivity contribution in [2.75, 3.05) is 25.5 Å². The van der Waals surface area contributed by atoms with Gasteiger partial charge < -0.3 is 10.1 Å². The maximum atomic E-state index is 13.8. The predicted octanol–water partition coefficient (Wildman–Crippen LogP) is 3.40. The number of sulfonamides is 1. The molecule has 3 rings (SSSR count). The first kappa shape index (κ1) is 20.2. The first-order valence-corrected chi connectivity index (χ1v) is 10.2. The van der Waals surface area contributed by atoms with Crippen LogP contribution in [0.2, 0.25) is 0 Å². The van der Waals surface area contributed by atoms with Gasteiger partial charge in [-0.15, -0.1) is 0 Å². The third kappa shape index (κ3) is 4.00. The van der Waals surface area contributed by atoms with Crippen molar-refractivity contribution in [2.45, 2.75) is 24.2 Å². The fourth-order valence-corrected chi connectivity index (χ4v) is 4.78. The van der Waals surface area contributed by atoms with Crippen molar-refractivity contribution in [3.63, 3.8) is 0 Å². The molecule has 150 valence electrons. The van der Waals surface area contributed by atoms with E-state index in [-0.39, 0.29) is 16.3 Å². The number of nitrogens with one attached hydrogen (secondary N) is 1. The minimum Gasteiger partial charge on any atom is -0.495 e. The number of hydrogen-bond donors (Lipinski definition) is 1. The van der Waals surface area contributed by atoms with Gasteiger partial charge in [-0.3, -0.25) is 4.79 Å². The van der Waals surface area contributed by atoms with E-state index in [9.17, 15) is 22.0 Å². The molecule has 0 saturated carbocycles. The zero-order valence-corrected chi connectivity index (χ0v) is 16.1. The van der Waals surface area contributed by atoms with Crippen LogP contribution >= 0.6 is 0 Å². The summed E-state index contributed by atoms with van der Waals surface area (Å²) in [6.07, 6.45) is 2.52. The number of amides is 1. The van der Waals surface area contributed by atoms with Crippen molar-refractivity contribution in [1.82, 2.24) is 4.31 Å². The molecule has 0 aromatic heterocycles. The molecule has 1 saturated heterocycles. The van der Waals surface area contributed by atoms with Crippen molar-refractivity contribution in [3.8, 4) is 5.75 Å². The number of benzene rings is 2. The zero-order valence-electron chi connectivity index (χ0n) is 15.2. The fraction of sp³-hybridized carbons (Fsp3) is 0.316. The molecule has 1 aliphatic rings. The van der Waals surface area contributed by atoms with Crippen LogP contribution in [0.1, 0.15) is 29.6 Å². The molecule has 1 amide bonds. The first-order chi connectivity index (χ1) is 13.3. The number of ether oxygens (including phenoxy) is 1. The molecule has 1 aliphatic heterocycles. The quantitative estimate of drug-likeness (QED) is 0.820. The Labute approximate surface area is 162 Å². The van der Waals surface area contributed by atoms with Gasteiger partial charge in [0.25, 0.3) is 5.91 Å². The van der Waals surface area contributed by atoms with Crippen molar-refractivity contribution < 1.29 is 26.7 Å². The number of carbonyl (C=O) groups is 1. The molecular formula is C19H20F2N2O4S. The number of rotatable bonds is 5. The van der Waals surface area contributed by atoms with Crippen LogP contribution in [-0.4, -0.2) is 38.8 Å². The molecule has 2 aromatic carbocycles. The number of piperidine rings is 1. The van der Waals surface area contributed by atoms with Gasteiger partial charge >= 0.3 is 0 Å². The van der Waals surface area contributed by atoms with Crippen molar-refractivity contribution in [1.29, 1.82) is 0 Å². The third-order valence-corrected chi connectivity index (χ3v) is 6.47. The van der Waals surface area contributed by atoms with Crippen LogP contribution in [0, 0.1) is 11.6 Å². The van der Waals surface area contributed by atoms with Gasteiger partial charge in [0.2, 0.25) is 10.0 Å². The first-order valence-electron chi connectivity index (χ1n) is 8.78. The molecule has 6 nitrogen and oxygen atoms in total. The Morgan fingerprint density at radius 2 is 1.82 bits per heavy atom. The van der Waals surface area contributed by atoms with Gasteiger partial charge in [0.15, 0.2) is 11.6 Å². The van der Waals surface area contributed by atoms with E-state index in [2.05, 4.69) is 5.32 Å². The van der Waals surface area contributed by atoms with Crippen LogP contribution in [-0.2, 0) is 10.0 Å². The molecule has 0 spiro atoms. The summed E-state index contributed by atoms with van der Waals surface area (Å²) in [6, 6.07) is 7.37. The lowest BCUT2D eigenvalue weighted by Crippen LogP contribution is -2.35. The van der Waals surface area contributed by atoms with Crippen molar-refractivity contribution >= 4 is 21.6 Å². The molecule has 28 heavy (non-hydrogen) atoms. The SMILES string of the molecule is COc1ccc(NC(=O)c2cccc(F)c2F)cc1S(=O)(=O)N1CCCCC1. The summed E-state index contributed by atoms with van der Waals surface area (Å²) in [7, 11) is -2.47. The Hall–Kier alpha value is -2.52. The average molecular weight is 410 g/mol. The monoisotopic (exact) mass is 410 g/mol. The van der Waals surface area contributed by atoms with E-state index >= 15 is 0 Å². The molecule has 0 radical (unpaired) electrons. The topological polar surface area (TPSA) is 75.7 Å². The van der Waals surface area contributed by atoms with Crippen LogP contribution in [0.3, 0.4) is 0 Å². The Morgan fingerprint density at radius 1 is 1.11 bits per heavy atom. The summed E-state index contributed by atoms with van der Waals surface area (Å²) in [5.74, 6) is -3.16. The van der Waals surface area contributed by atoms with E-state index < -0.39 is 33.1 Å². The second-order valence-electron chi connectivity index (χ2n) is 6.39. The van der Waals surface area contributed by atoms with Gasteiger partial charge in [-0.2, -0.15) is 4.31 Å². The van der Waals surface area contributed by atoms with Gasteiger partial charge in [0.05, 0.1) is 12.7 Å². The highest BCUT2D eigenvalue weighted by Crippen LogP contribution is 2.31. The summed E-state index contributed by atoms with van der Waals surface area (Å²) >= 11 is 0. The number of halogens is 2. The van der Waals surface area contributed by atoms with Gasteiger partial charge in [-0.25, -0.2) is 17.2 Å². The molecular weight excluding hydrogens is 390 g/mol. The van der Waals surface area contributed by atoms with Crippen LogP contribution in [0.4, 0.5) is 14.5 Å². The van der Waals surface area contributed by atoms with E-state index in [1.54, 1.807) is 0 Å². The summed E-state index contributed by atoms with van der Waals surface area (Å²) in [5, 5.41) is 2.41. The number of methoxy groups -OCH3 is 1. The zero-order chi connectivity index (χ0) is 20.3. The Balaban J connectivity index is 1.92. The predicted molar refractivity (Wildman–Crippen MR) is 99.9 cm³/mol. The van der Waals surface area contributed by atoms with E-state index in [4.69, 9.17) is 4.74 Å². The van der Waals surface area contributed by atoms with Gasteiger partial charge in [0, 0.05) is 18.8 Å². The van der Waals surface area contributed by atoms with Crippen molar-refractivity contribution in [2.24, 2.45) is 0 Å². The molecule has 0 bridgehead atoms. The Kier molecular flexibility index (Phi) is 5.95. The summed E-state index contributed by atoms with van der Waals surface area (Å²) in [5.41, 5.74) is -0.346. The third-order valence-electron chi connectivity index (χ3n) is 4.55. The molecule has 1 heterocycles. The van der Waals surface area contributed by atoms with E-state index in [0.717, 1.165) is 31.4 Å². The fourth-order valence-electron chi connectivity index (χ4n) is 3.08. The molecule has 1 N–H and O–H groups in total. The average Bonchev–Trinajstić information content (AvgIpc) is 2.70. The minimum atomic E-state index is -3.82. The second-order valence-corrected chi connectivity index (χ2v) is 8.29. The molecule has 0 unspecified atom stereocenters. The lowest BCUT2D eigenvalue weighted by atomic mass is 10.2. The molecule has 2 aromatic rings. The van der Waals surface area contributed by atoms with Gasteiger partial charge in [0.1, 0.15) is 10.6 Å². The smallest absolute Gasteiger partial charge is 0.258 e. The molecule has 0 aliphatic carbocycles. The van der Waals surface area contributed by atoms with E-state index in [1.165, 1.54) is 35.7 Å². The van der Waals surface area contributed by atoms with Crippen LogP contribution in [0.15, 0.2) is 41.3 Å². The number of hydrogen-bond acceptors (Lipinski definition) is 4. The number of nitrogens with zero attached hydrogens (tertiary/aromatic N) is 1. The van der Waals surface area contributed by atoms with Crippen LogP contribution in [0.5, 0.6) is 5.75 Å². The lowest BCUT2D eigenvalue weighted by molar-refractivity contribution is 0.102. The Morgan fingerprint density at radius 3 is 2.50 bits per heavy atom. The summed E-state index contributed by atoms with van der Waals surface area (Å²) in [6.45, 7) is 0.827. The minimum absolute atomic E-state index is 0.0885. The van der Waals surface area contributed by atoms with Crippen LogP contribution < -0.4 is 10.1 Å². The normalized spacial score (nSPS) is 15.2. The highest BCUT2D eigenvalue weighted by molar-refractivity contribution is 7.89. The van der Waals surface area contributed by atoms with Crippen molar-refractivity contribution in [3.05, 3.63) is 53.6 Å². The molecule has 1 fully saturated rings. The van der Waals surface area contributed by atoms with E-state index in [0.29, 0.717) is 13.1 Å². The highest BCUT2D eigenvalue weighted by atomic mass is 32.2. The number of carbonyl (C=O) groups excluding carboxylic acids is 1. The van der Waals surface area contributed by atoms with E-state index in [1.807, 2.05) is 0 Å². The molecule has 0 atom stereocenters. The number of anilines is 1. The van der Waals surface area contributed by atoms with Crippen LogP contribution in [0.25, 0.3) is 0 Å². The van der Waals surface area contributed by atoms with Gasteiger partial charge in [-0.05, 0) is 43.2 Å². The second kappa shape index (κ2) is 8.24. The van der Waals surface area contributed by atoms with Gasteiger partial charge in [-0.1, -0.05) is 12.5 Å². The lowest BCUT2D eigenvalue weighted by Gasteiger charge is -2.26. The summed E-state index contributed by atoms with van der Waals surface area (Å²) in [4.78, 5) is 12.2. The standard InChI is InChI=1S/C19H20F2N2O4S/c1-27-16-9-8-13(22-19(24)14-6-5-7-15(20)18(14)21)12-17(16)28(25,26)23-10-3-2-4-11-23/h5-9,12H,2-4,10-11H2,1H3,(H,22,24). The maximum Gasteiger partial charge on any atom is 0.258 e. The summed E-state index contributed by atoms with van der Waals surface area (Å²) < 4.78 is 59.7. The maximum absolute atomic E-state index is 13.8. The molecule has 9 heteroatoms. The highest BCUT2D eigenvalue weighted by Gasteiger charge is 2.29. The Bertz CT molecular complexity index is 989. The largest absolute Gasteiger partial charge is 0.495 e.